The highest BCUT2D eigenvalue weighted by Crippen LogP contribution is 2.16. The highest BCUT2D eigenvalue weighted by molar-refractivity contribution is 5.97. The zero-order valence-corrected chi connectivity index (χ0v) is 12.0. The molecule has 1 amide bonds. The molecular weight excluding hydrogens is 264 g/mol. The van der Waals surface area contributed by atoms with Crippen molar-refractivity contribution < 1.29 is 4.79 Å². The standard InChI is InChI=1S/C16H16N4O/c1-11-8-18-14(9-17-11)10-19-16(21)13-4-3-12-5-6-20(2)15(12)7-13/h3-9H,10H2,1-2H3,(H,19,21). The topological polar surface area (TPSA) is 59.8 Å². The third kappa shape index (κ3) is 2.76. The van der Waals surface area contributed by atoms with Gasteiger partial charge in [0.15, 0.2) is 0 Å². The summed E-state index contributed by atoms with van der Waals surface area (Å²) >= 11 is 0. The molecule has 5 nitrogen and oxygen atoms in total. The number of amides is 1. The van der Waals surface area contributed by atoms with E-state index in [-0.39, 0.29) is 5.91 Å². The molecule has 3 aromatic rings. The lowest BCUT2D eigenvalue weighted by atomic mass is 10.1. The molecule has 21 heavy (non-hydrogen) atoms. The van der Waals surface area contributed by atoms with Crippen molar-refractivity contribution in [2.75, 3.05) is 0 Å². The number of carbonyl (C=O) groups is 1. The number of nitrogens with zero attached hydrogens (tertiary/aromatic N) is 3. The Balaban J connectivity index is 1.74. The molecule has 3 rings (SSSR count). The van der Waals surface area contributed by atoms with Crippen molar-refractivity contribution in [2.45, 2.75) is 13.5 Å². The van der Waals surface area contributed by atoms with E-state index in [0.29, 0.717) is 12.1 Å². The van der Waals surface area contributed by atoms with E-state index >= 15 is 0 Å². The first-order valence-electron chi connectivity index (χ1n) is 6.74. The minimum atomic E-state index is -0.111. The molecule has 2 heterocycles. The lowest BCUT2D eigenvalue weighted by molar-refractivity contribution is 0.0950. The van der Waals surface area contributed by atoms with Gasteiger partial charge in [0.1, 0.15) is 0 Å². The predicted octanol–water partition coefficient (Wildman–Crippen LogP) is 2.21. The molecule has 1 aromatic carbocycles. The number of aryl methyl sites for hydroxylation is 2. The van der Waals surface area contributed by atoms with Crippen molar-refractivity contribution in [3.05, 3.63) is 59.8 Å². The molecule has 0 saturated carbocycles. The Morgan fingerprint density at radius 2 is 2.10 bits per heavy atom. The highest BCUT2D eigenvalue weighted by Gasteiger charge is 2.08. The van der Waals surface area contributed by atoms with Crippen molar-refractivity contribution in [2.24, 2.45) is 7.05 Å². The fourth-order valence-corrected chi connectivity index (χ4v) is 2.19. The molecule has 0 radical (unpaired) electrons. The summed E-state index contributed by atoms with van der Waals surface area (Å²) in [6.07, 6.45) is 5.35. The molecule has 2 aromatic heterocycles. The summed E-state index contributed by atoms with van der Waals surface area (Å²) in [6.45, 7) is 2.25. The van der Waals surface area contributed by atoms with Crippen LogP contribution in [0, 0.1) is 6.92 Å². The zero-order chi connectivity index (χ0) is 14.8. The number of aromatic nitrogens is 3. The summed E-state index contributed by atoms with van der Waals surface area (Å²) in [7, 11) is 1.96. The SMILES string of the molecule is Cc1cnc(CNC(=O)c2ccc3ccn(C)c3c2)cn1. The van der Waals surface area contributed by atoms with E-state index < -0.39 is 0 Å². The molecule has 0 bridgehead atoms. The average Bonchev–Trinajstić information content (AvgIpc) is 2.87. The quantitative estimate of drug-likeness (QED) is 0.800. The van der Waals surface area contributed by atoms with Gasteiger partial charge in [0.25, 0.3) is 5.91 Å². The van der Waals surface area contributed by atoms with Crippen LogP contribution in [0.15, 0.2) is 42.9 Å². The number of nitrogens with one attached hydrogen (secondary N) is 1. The van der Waals surface area contributed by atoms with Crippen LogP contribution >= 0.6 is 0 Å². The maximum atomic E-state index is 12.2. The summed E-state index contributed by atoms with van der Waals surface area (Å²) in [5.41, 5.74) is 3.29. The van der Waals surface area contributed by atoms with Crippen molar-refractivity contribution in [1.82, 2.24) is 19.9 Å². The summed E-state index contributed by atoms with van der Waals surface area (Å²) in [6, 6.07) is 7.71. The largest absolute Gasteiger partial charge is 0.351 e. The maximum Gasteiger partial charge on any atom is 0.251 e. The van der Waals surface area contributed by atoms with E-state index in [4.69, 9.17) is 0 Å². The number of benzene rings is 1. The van der Waals surface area contributed by atoms with Gasteiger partial charge in [-0.3, -0.25) is 14.8 Å². The summed E-state index contributed by atoms with van der Waals surface area (Å²) in [5, 5.41) is 3.98. The van der Waals surface area contributed by atoms with Gasteiger partial charge in [-0.2, -0.15) is 0 Å². The maximum absolute atomic E-state index is 12.2. The molecule has 0 unspecified atom stereocenters. The van der Waals surface area contributed by atoms with Crippen molar-refractivity contribution in [3.63, 3.8) is 0 Å². The van der Waals surface area contributed by atoms with Gasteiger partial charge in [0.2, 0.25) is 0 Å². The first-order valence-corrected chi connectivity index (χ1v) is 6.74. The van der Waals surface area contributed by atoms with Crippen LogP contribution in [0.4, 0.5) is 0 Å². The third-order valence-electron chi connectivity index (χ3n) is 3.41. The van der Waals surface area contributed by atoms with Crippen LogP contribution in [-0.4, -0.2) is 20.4 Å². The van der Waals surface area contributed by atoms with Gasteiger partial charge >= 0.3 is 0 Å². The summed E-state index contributed by atoms with van der Waals surface area (Å²) in [5.74, 6) is -0.111. The Labute approximate surface area is 122 Å². The lowest BCUT2D eigenvalue weighted by Gasteiger charge is -2.06. The van der Waals surface area contributed by atoms with E-state index in [0.717, 1.165) is 22.3 Å². The second-order valence-corrected chi connectivity index (χ2v) is 5.03. The Bertz CT molecular complexity index is 790. The molecule has 106 valence electrons. The minimum Gasteiger partial charge on any atom is -0.351 e. The van der Waals surface area contributed by atoms with E-state index in [9.17, 15) is 4.79 Å². The third-order valence-corrected chi connectivity index (χ3v) is 3.41. The van der Waals surface area contributed by atoms with Gasteiger partial charge in [0, 0.05) is 30.5 Å². The van der Waals surface area contributed by atoms with Crippen LogP contribution in [-0.2, 0) is 13.6 Å². The van der Waals surface area contributed by atoms with E-state index in [2.05, 4.69) is 15.3 Å². The molecule has 0 aliphatic heterocycles. The second kappa shape index (κ2) is 5.36. The van der Waals surface area contributed by atoms with E-state index in [1.807, 2.05) is 49.0 Å². The molecule has 5 heteroatoms. The Morgan fingerprint density at radius 1 is 1.24 bits per heavy atom. The average molecular weight is 280 g/mol. The number of fused-ring (bicyclic) bond motifs is 1. The lowest BCUT2D eigenvalue weighted by Crippen LogP contribution is -2.23. The zero-order valence-electron chi connectivity index (χ0n) is 12.0. The smallest absolute Gasteiger partial charge is 0.251 e. The Hall–Kier alpha value is -2.69. The van der Waals surface area contributed by atoms with Gasteiger partial charge < -0.3 is 9.88 Å². The monoisotopic (exact) mass is 280 g/mol. The van der Waals surface area contributed by atoms with Gasteiger partial charge in [-0.05, 0) is 30.5 Å². The van der Waals surface area contributed by atoms with Crippen LogP contribution in [0.5, 0.6) is 0 Å². The first kappa shape index (κ1) is 13.3. The second-order valence-electron chi connectivity index (χ2n) is 5.03. The molecule has 0 atom stereocenters. The molecule has 1 N–H and O–H groups in total. The molecular formula is C16H16N4O. The van der Waals surface area contributed by atoms with Crippen LogP contribution < -0.4 is 5.32 Å². The Kier molecular flexibility index (Phi) is 3.39. The van der Waals surface area contributed by atoms with Crippen LogP contribution in [0.1, 0.15) is 21.7 Å². The van der Waals surface area contributed by atoms with Crippen LogP contribution in [0.3, 0.4) is 0 Å². The normalized spacial score (nSPS) is 10.8. The van der Waals surface area contributed by atoms with Crippen molar-refractivity contribution >= 4 is 16.8 Å². The van der Waals surface area contributed by atoms with Crippen molar-refractivity contribution in [3.8, 4) is 0 Å². The fraction of sp³-hybridized carbons (Fsp3) is 0.188. The first-order chi connectivity index (χ1) is 10.1. The number of hydrogen-bond acceptors (Lipinski definition) is 3. The summed E-state index contributed by atoms with van der Waals surface area (Å²) < 4.78 is 2.00. The Morgan fingerprint density at radius 3 is 2.86 bits per heavy atom. The van der Waals surface area contributed by atoms with E-state index in [1.54, 1.807) is 12.4 Å². The van der Waals surface area contributed by atoms with Crippen LogP contribution in [0.25, 0.3) is 10.9 Å². The number of carbonyl (C=O) groups excluding carboxylic acids is 1. The molecule has 0 aliphatic carbocycles. The van der Waals surface area contributed by atoms with Crippen LogP contribution in [0.2, 0.25) is 0 Å². The number of rotatable bonds is 3. The number of hydrogen-bond donors (Lipinski definition) is 1. The molecule has 0 saturated heterocycles. The van der Waals surface area contributed by atoms with Gasteiger partial charge in [-0.25, -0.2) is 0 Å². The predicted molar refractivity (Wildman–Crippen MR) is 80.9 cm³/mol. The van der Waals surface area contributed by atoms with Gasteiger partial charge in [-0.1, -0.05) is 6.07 Å². The van der Waals surface area contributed by atoms with Gasteiger partial charge in [0.05, 0.1) is 24.1 Å². The highest BCUT2D eigenvalue weighted by atomic mass is 16.1. The minimum absolute atomic E-state index is 0.111. The summed E-state index contributed by atoms with van der Waals surface area (Å²) in [4.78, 5) is 20.6. The van der Waals surface area contributed by atoms with E-state index in [1.165, 1.54) is 0 Å². The molecule has 0 spiro atoms. The molecule has 0 aliphatic rings. The molecule has 0 fully saturated rings. The fourth-order valence-electron chi connectivity index (χ4n) is 2.19. The van der Waals surface area contributed by atoms with Crippen molar-refractivity contribution in [1.29, 1.82) is 0 Å². The van der Waals surface area contributed by atoms with Gasteiger partial charge in [-0.15, -0.1) is 0 Å².